The maximum atomic E-state index is 13.2. The van der Waals surface area contributed by atoms with Crippen molar-refractivity contribution < 1.29 is 9.18 Å². The van der Waals surface area contributed by atoms with Crippen molar-refractivity contribution in [3.8, 4) is 6.07 Å². The van der Waals surface area contributed by atoms with Crippen LogP contribution in [0.5, 0.6) is 0 Å². The van der Waals surface area contributed by atoms with Crippen molar-refractivity contribution in [3.63, 3.8) is 0 Å². The van der Waals surface area contributed by atoms with Crippen molar-refractivity contribution in [3.05, 3.63) is 69.5 Å². The first-order chi connectivity index (χ1) is 12.0. The number of rotatable bonds is 3. The van der Waals surface area contributed by atoms with Gasteiger partial charge in [0.2, 0.25) is 5.91 Å². The molecule has 1 aromatic heterocycles. The summed E-state index contributed by atoms with van der Waals surface area (Å²) < 4.78 is 14.3. The summed E-state index contributed by atoms with van der Waals surface area (Å²) in [5, 5.41) is 12.2. The van der Waals surface area contributed by atoms with Gasteiger partial charge in [0.25, 0.3) is 5.56 Å². The number of carbonyl (C=O) groups excluding carboxylic acids is 1. The highest BCUT2D eigenvalue weighted by Gasteiger charge is 2.11. The number of nitrogens with one attached hydrogen (secondary N) is 1. The van der Waals surface area contributed by atoms with Gasteiger partial charge in [-0.25, -0.2) is 9.37 Å². The van der Waals surface area contributed by atoms with Crippen LogP contribution in [0.1, 0.15) is 5.56 Å². The lowest BCUT2D eigenvalue weighted by atomic mass is 10.2. The molecule has 124 valence electrons. The predicted molar refractivity (Wildman–Crippen MR) is 90.8 cm³/mol. The summed E-state index contributed by atoms with van der Waals surface area (Å²) in [5.41, 5.74) is 0.246. The fraction of sp³-hybridized carbons (Fsp3) is 0.0588. The van der Waals surface area contributed by atoms with Gasteiger partial charge in [0.15, 0.2) is 0 Å². The van der Waals surface area contributed by atoms with E-state index in [1.807, 2.05) is 6.07 Å². The van der Waals surface area contributed by atoms with Crippen molar-refractivity contribution in [2.24, 2.45) is 0 Å². The highest BCUT2D eigenvalue weighted by atomic mass is 35.5. The summed E-state index contributed by atoms with van der Waals surface area (Å²) in [6, 6.07) is 10.0. The molecule has 0 saturated carbocycles. The molecule has 1 N–H and O–H groups in total. The van der Waals surface area contributed by atoms with Gasteiger partial charge in [-0.2, -0.15) is 5.26 Å². The van der Waals surface area contributed by atoms with E-state index in [1.165, 1.54) is 30.6 Å². The summed E-state index contributed by atoms with van der Waals surface area (Å²) in [4.78, 5) is 28.5. The second-order valence-electron chi connectivity index (χ2n) is 5.19. The van der Waals surface area contributed by atoms with Crippen LogP contribution >= 0.6 is 11.6 Å². The molecular formula is C17H10ClFN4O2. The molecule has 0 saturated heterocycles. The summed E-state index contributed by atoms with van der Waals surface area (Å²) in [6.45, 7) is -0.309. The number of benzene rings is 2. The minimum Gasteiger partial charge on any atom is -0.323 e. The van der Waals surface area contributed by atoms with Crippen LogP contribution in [0.3, 0.4) is 0 Å². The van der Waals surface area contributed by atoms with Gasteiger partial charge in [-0.3, -0.25) is 14.2 Å². The maximum Gasteiger partial charge on any atom is 0.261 e. The topological polar surface area (TPSA) is 87.8 Å². The number of amides is 1. The molecule has 1 amide bonds. The number of halogens is 2. The monoisotopic (exact) mass is 356 g/mol. The molecule has 1 heterocycles. The quantitative estimate of drug-likeness (QED) is 0.781. The van der Waals surface area contributed by atoms with Crippen LogP contribution in [0.2, 0.25) is 5.02 Å². The Labute approximate surface area is 146 Å². The normalized spacial score (nSPS) is 10.4. The molecule has 25 heavy (non-hydrogen) atoms. The molecule has 0 fully saturated rings. The number of nitriles is 1. The molecule has 8 heteroatoms. The molecule has 0 aliphatic heterocycles. The van der Waals surface area contributed by atoms with Crippen LogP contribution < -0.4 is 10.9 Å². The standard InChI is InChI=1S/C17H10ClFN4O2/c18-11-2-1-10(7-20)14(5-11)22-16(24)8-23-9-21-15-6-12(19)3-4-13(15)17(23)25/h1-6,9H,8H2,(H,22,24). The summed E-state index contributed by atoms with van der Waals surface area (Å²) >= 11 is 5.86. The number of hydrogen-bond acceptors (Lipinski definition) is 4. The lowest BCUT2D eigenvalue weighted by Gasteiger charge is -2.09. The van der Waals surface area contributed by atoms with Gasteiger partial charge >= 0.3 is 0 Å². The van der Waals surface area contributed by atoms with E-state index in [0.29, 0.717) is 5.02 Å². The molecule has 6 nitrogen and oxygen atoms in total. The first kappa shape index (κ1) is 16.6. The first-order valence-electron chi connectivity index (χ1n) is 7.12. The molecule has 0 radical (unpaired) electrons. The highest BCUT2D eigenvalue weighted by Crippen LogP contribution is 2.20. The van der Waals surface area contributed by atoms with Crippen LogP contribution in [-0.2, 0) is 11.3 Å². The zero-order valence-electron chi connectivity index (χ0n) is 12.7. The van der Waals surface area contributed by atoms with E-state index in [4.69, 9.17) is 16.9 Å². The van der Waals surface area contributed by atoms with Crippen LogP contribution in [0.4, 0.5) is 10.1 Å². The van der Waals surface area contributed by atoms with E-state index in [1.54, 1.807) is 0 Å². The van der Waals surface area contributed by atoms with Gasteiger partial charge in [0.05, 0.1) is 28.5 Å². The molecule has 3 rings (SSSR count). The average molecular weight is 357 g/mol. The summed E-state index contributed by atoms with van der Waals surface area (Å²) in [7, 11) is 0. The van der Waals surface area contributed by atoms with Gasteiger partial charge in [0.1, 0.15) is 18.4 Å². The van der Waals surface area contributed by atoms with Gasteiger partial charge < -0.3 is 5.32 Å². The van der Waals surface area contributed by atoms with E-state index < -0.39 is 17.3 Å². The Hall–Kier alpha value is -3.24. The maximum absolute atomic E-state index is 13.2. The predicted octanol–water partition coefficient (Wildman–Crippen LogP) is 2.70. The minimum atomic E-state index is -0.524. The van der Waals surface area contributed by atoms with E-state index in [-0.39, 0.29) is 28.7 Å². The van der Waals surface area contributed by atoms with Crippen molar-refractivity contribution in [2.75, 3.05) is 5.32 Å². The largest absolute Gasteiger partial charge is 0.323 e. The van der Waals surface area contributed by atoms with Gasteiger partial charge in [-0.15, -0.1) is 0 Å². The molecule has 2 aromatic carbocycles. The smallest absolute Gasteiger partial charge is 0.261 e. The Kier molecular flexibility index (Phi) is 4.46. The summed E-state index contributed by atoms with van der Waals surface area (Å²) in [6.07, 6.45) is 1.17. The zero-order valence-corrected chi connectivity index (χ0v) is 13.4. The highest BCUT2D eigenvalue weighted by molar-refractivity contribution is 6.31. The second kappa shape index (κ2) is 6.71. The van der Waals surface area contributed by atoms with E-state index >= 15 is 0 Å². The van der Waals surface area contributed by atoms with Crippen LogP contribution in [-0.4, -0.2) is 15.5 Å². The van der Waals surface area contributed by atoms with Crippen molar-refractivity contribution >= 4 is 34.1 Å². The Morgan fingerprint density at radius 1 is 1.32 bits per heavy atom. The molecular weight excluding hydrogens is 347 g/mol. The van der Waals surface area contributed by atoms with Crippen LogP contribution in [0, 0.1) is 17.1 Å². The van der Waals surface area contributed by atoms with E-state index in [2.05, 4.69) is 10.3 Å². The lowest BCUT2D eigenvalue weighted by molar-refractivity contribution is -0.116. The number of aromatic nitrogens is 2. The fourth-order valence-electron chi connectivity index (χ4n) is 2.31. The first-order valence-corrected chi connectivity index (χ1v) is 7.50. The van der Waals surface area contributed by atoms with Crippen molar-refractivity contribution in [1.82, 2.24) is 9.55 Å². The molecule has 3 aromatic rings. The molecule has 0 spiro atoms. The third kappa shape index (κ3) is 3.49. The molecule has 0 aliphatic carbocycles. The van der Waals surface area contributed by atoms with Crippen LogP contribution in [0.15, 0.2) is 47.5 Å². The van der Waals surface area contributed by atoms with Crippen LogP contribution in [0.25, 0.3) is 10.9 Å². The second-order valence-corrected chi connectivity index (χ2v) is 5.63. The Balaban J connectivity index is 1.87. The summed E-state index contributed by atoms with van der Waals surface area (Å²) in [5.74, 6) is -1.02. The number of anilines is 1. The fourth-order valence-corrected chi connectivity index (χ4v) is 2.48. The Morgan fingerprint density at radius 2 is 2.12 bits per heavy atom. The molecule has 0 aliphatic rings. The minimum absolute atomic E-state index is 0.206. The molecule has 0 bridgehead atoms. The van der Waals surface area contributed by atoms with Gasteiger partial charge in [-0.1, -0.05) is 11.6 Å². The van der Waals surface area contributed by atoms with Crippen molar-refractivity contribution in [1.29, 1.82) is 5.26 Å². The third-order valence-corrected chi connectivity index (χ3v) is 3.71. The SMILES string of the molecule is N#Cc1ccc(Cl)cc1NC(=O)Cn1cnc2cc(F)ccc2c1=O. The molecule has 0 unspecified atom stereocenters. The third-order valence-electron chi connectivity index (χ3n) is 3.48. The Bertz CT molecular complexity index is 1090. The zero-order chi connectivity index (χ0) is 18.0. The number of nitrogens with zero attached hydrogens (tertiary/aromatic N) is 3. The Morgan fingerprint density at radius 3 is 2.88 bits per heavy atom. The van der Waals surface area contributed by atoms with E-state index in [9.17, 15) is 14.0 Å². The number of fused-ring (bicyclic) bond motifs is 1. The molecule has 0 atom stereocenters. The average Bonchev–Trinajstić information content (AvgIpc) is 2.57. The van der Waals surface area contributed by atoms with Gasteiger partial charge in [0, 0.05) is 11.1 Å². The van der Waals surface area contributed by atoms with E-state index in [0.717, 1.165) is 16.7 Å². The number of carbonyl (C=O) groups is 1. The van der Waals surface area contributed by atoms with Gasteiger partial charge in [-0.05, 0) is 30.3 Å². The lowest BCUT2D eigenvalue weighted by Crippen LogP contribution is -2.28. The number of hydrogen-bond donors (Lipinski definition) is 1. The van der Waals surface area contributed by atoms with Crippen molar-refractivity contribution in [2.45, 2.75) is 6.54 Å².